The third-order valence-corrected chi connectivity index (χ3v) is 1.94. The highest BCUT2D eigenvalue weighted by atomic mass is 19.2. The lowest BCUT2D eigenvalue weighted by molar-refractivity contribution is 0.104. The summed E-state index contributed by atoms with van der Waals surface area (Å²) in [5.74, 6) is -0.195. The van der Waals surface area contributed by atoms with Crippen LogP contribution in [-0.4, -0.2) is 19.5 Å². The molecule has 0 spiro atoms. The fraction of sp³-hybridized carbons (Fsp3) is 0.182. The number of benzene rings is 1. The smallest absolute Gasteiger partial charge is 0.390 e. The summed E-state index contributed by atoms with van der Waals surface area (Å²) in [5, 5.41) is 2.47. The Kier molecular flexibility index (Phi) is 4.70. The van der Waals surface area contributed by atoms with Crippen LogP contribution in [0.2, 0.25) is 0 Å². The summed E-state index contributed by atoms with van der Waals surface area (Å²) in [5.41, 5.74) is 0.981. The van der Waals surface area contributed by atoms with Gasteiger partial charge in [0.1, 0.15) is 0 Å². The maximum Gasteiger partial charge on any atom is 0.556 e. The van der Waals surface area contributed by atoms with Crippen molar-refractivity contribution in [2.45, 2.75) is 6.92 Å². The van der Waals surface area contributed by atoms with Gasteiger partial charge in [0, 0.05) is 17.3 Å². The Labute approximate surface area is 93.5 Å². The van der Waals surface area contributed by atoms with E-state index in [9.17, 15) is 13.4 Å². The summed E-state index contributed by atoms with van der Waals surface area (Å²) in [7, 11) is -2.42. The highest BCUT2D eigenvalue weighted by Crippen LogP contribution is 2.02. The van der Waals surface area contributed by atoms with Gasteiger partial charge in [0.25, 0.3) is 0 Å². The van der Waals surface area contributed by atoms with Crippen LogP contribution in [0.1, 0.15) is 17.3 Å². The summed E-state index contributed by atoms with van der Waals surface area (Å²) >= 11 is 0. The zero-order valence-electron chi connectivity index (χ0n) is 8.91. The van der Waals surface area contributed by atoms with Gasteiger partial charge in [0.05, 0.1) is 6.44 Å². The van der Waals surface area contributed by atoms with E-state index >= 15 is 0 Å². The average Bonchev–Trinajstić information content (AvgIpc) is 2.27. The van der Waals surface area contributed by atoms with Gasteiger partial charge in [-0.3, -0.25) is 13.4 Å². The van der Waals surface area contributed by atoms with Crippen molar-refractivity contribution in [1.82, 2.24) is 5.32 Å². The van der Waals surface area contributed by atoms with Crippen LogP contribution < -0.4 is 5.32 Å². The number of nitrogens with one attached hydrogen (secondary N) is 1. The number of ketones is 1. The monoisotopic (exact) mass is 223 g/mol. The molecule has 1 aromatic rings. The van der Waals surface area contributed by atoms with Gasteiger partial charge < -0.3 is 5.32 Å². The number of carbonyl (C=O) groups excluding carboxylic acids is 1. The summed E-state index contributed by atoms with van der Waals surface area (Å²) in [6.45, 7) is 1.59. The summed E-state index contributed by atoms with van der Waals surface area (Å²) in [4.78, 5) is 11.6. The van der Waals surface area contributed by atoms with Crippen molar-refractivity contribution in [1.29, 1.82) is 0 Å². The van der Waals surface area contributed by atoms with Gasteiger partial charge in [-0.05, 0) is 6.92 Å². The third-order valence-electron chi connectivity index (χ3n) is 1.94. The first-order valence-corrected chi connectivity index (χ1v) is 4.89. The molecular formula is C11H12BF2NO. The zero-order chi connectivity index (χ0) is 12.0. The predicted molar refractivity (Wildman–Crippen MR) is 60.5 cm³/mol. The quantitative estimate of drug-likeness (QED) is 0.471. The standard InChI is InChI=1S/C11H12BF2NO/c1-9(15-8-12(13)14)7-11(16)10-5-3-2-4-6-10/h2-7,15H,8H2,1H3. The minimum absolute atomic E-state index is 0.195. The largest absolute Gasteiger partial charge is 0.556 e. The van der Waals surface area contributed by atoms with Crippen LogP contribution in [-0.2, 0) is 0 Å². The van der Waals surface area contributed by atoms with Crippen molar-refractivity contribution in [3.63, 3.8) is 0 Å². The first-order valence-electron chi connectivity index (χ1n) is 4.89. The van der Waals surface area contributed by atoms with Crippen molar-refractivity contribution in [3.8, 4) is 0 Å². The van der Waals surface area contributed by atoms with Crippen molar-refractivity contribution in [2.75, 3.05) is 6.44 Å². The van der Waals surface area contributed by atoms with E-state index in [0.29, 0.717) is 11.3 Å². The van der Waals surface area contributed by atoms with E-state index in [1.54, 1.807) is 31.2 Å². The fourth-order valence-corrected chi connectivity index (χ4v) is 1.17. The van der Waals surface area contributed by atoms with Crippen LogP contribution in [0.3, 0.4) is 0 Å². The molecule has 0 bridgehead atoms. The third kappa shape index (κ3) is 4.25. The Balaban J connectivity index is 2.59. The fourth-order valence-electron chi connectivity index (χ4n) is 1.17. The lowest BCUT2D eigenvalue weighted by atomic mass is 10.00. The van der Waals surface area contributed by atoms with Gasteiger partial charge in [0.2, 0.25) is 0 Å². The van der Waals surface area contributed by atoms with E-state index in [4.69, 9.17) is 0 Å². The van der Waals surface area contributed by atoms with Crippen molar-refractivity contribution in [3.05, 3.63) is 47.7 Å². The SMILES string of the molecule is CC(=CC(=O)c1ccccc1)NCB(F)F. The molecule has 0 aliphatic rings. The van der Waals surface area contributed by atoms with Crippen LogP contribution in [0.15, 0.2) is 42.1 Å². The molecule has 0 saturated carbocycles. The molecule has 1 rings (SSSR count). The molecule has 0 unspecified atom stereocenters. The van der Waals surface area contributed by atoms with Crippen LogP contribution in [0.25, 0.3) is 0 Å². The van der Waals surface area contributed by atoms with E-state index < -0.39 is 13.7 Å². The lowest BCUT2D eigenvalue weighted by Crippen LogP contribution is -2.23. The summed E-state index contributed by atoms with van der Waals surface area (Å²) < 4.78 is 23.8. The van der Waals surface area contributed by atoms with Crippen molar-refractivity contribution in [2.24, 2.45) is 0 Å². The van der Waals surface area contributed by atoms with Gasteiger partial charge in [-0.25, -0.2) is 0 Å². The molecule has 0 saturated heterocycles. The van der Waals surface area contributed by atoms with Crippen LogP contribution in [0.5, 0.6) is 0 Å². The molecule has 1 aromatic carbocycles. The van der Waals surface area contributed by atoms with E-state index in [2.05, 4.69) is 5.32 Å². The highest BCUT2D eigenvalue weighted by Gasteiger charge is 2.11. The molecule has 0 radical (unpaired) electrons. The maximum atomic E-state index is 11.9. The van der Waals surface area contributed by atoms with Crippen LogP contribution in [0, 0.1) is 0 Å². The molecule has 0 atom stereocenters. The predicted octanol–water partition coefficient (Wildman–Crippen LogP) is 2.33. The maximum absolute atomic E-state index is 11.9. The molecule has 84 valence electrons. The van der Waals surface area contributed by atoms with Crippen molar-refractivity contribution >= 4 is 13.1 Å². The van der Waals surface area contributed by atoms with Crippen LogP contribution >= 0.6 is 0 Å². The van der Waals surface area contributed by atoms with Crippen molar-refractivity contribution < 1.29 is 13.4 Å². The van der Waals surface area contributed by atoms with E-state index in [0.717, 1.165) is 0 Å². The topological polar surface area (TPSA) is 29.1 Å². The molecule has 0 heterocycles. The second-order valence-electron chi connectivity index (χ2n) is 3.33. The molecule has 0 amide bonds. The normalized spacial score (nSPS) is 11.1. The molecule has 16 heavy (non-hydrogen) atoms. The number of rotatable bonds is 5. The van der Waals surface area contributed by atoms with Gasteiger partial charge in [-0.2, -0.15) is 0 Å². The van der Waals surface area contributed by atoms with Gasteiger partial charge in [-0.1, -0.05) is 30.3 Å². The molecule has 2 nitrogen and oxygen atoms in total. The molecule has 0 aliphatic heterocycles. The Morgan fingerprint density at radius 1 is 1.38 bits per heavy atom. The molecular weight excluding hydrogens is 211 g/mol. The van der Waals surface area contributed by atoms with Gasteiger partial charge >= 0.3 is 7.27 Å². The lowest BCUT2D eigenvalue weighted by Gasteiger charge is -2.03. The first kappa shape index (κ1) is 12.4. The van der Waals surface area contributed by atoms with E-state index in [1.807, 2.05) is 6.07 Å². The first-order chi connectivity index (χ1) is 7.59. The van der Waals surface area contributed by atoms with Gasteiger partial charge in [0.15, 0.2) is 5.78 Å². The minimum atomic E-state index is -2.42. The number of allylic oxidation sites excluding steroid dienone is 2. The number of halogens is 2. The molecule has 1 N–H and O–H groups in total. The Morgan fingerprint density at radius 3 is 2.56 bits per heavy atom. The van der Waals surface area contributed by atoms with E-state index in [-0.39, 0.29) is 5.78 Å². The van der Waals surface area contributed by atoms with Crippen LogP contribution in [0.4, 0.5) is 8.63 Å². The second-order valence-corrected chi connectivity index (χ2v) is 3.33. The zero-order valence-corrected chi connectivity index (χ0v) is 8.91. The minimum Gasteiger partial charge on any atom is -0.390 e. The average molecular weight is 223 g/mol. The Bertz CT molecular complexity index is 379. The molecule has 0 aromatic heterocycles. The molecule has 0 fully saturated rings. The number of carbonyl (C=O) groups is 1. The second kappa shape index (κ2) is 6.05. The summed E-state index contributed by atoms with van der Waals surface area (Å²) in [6.07, 6.45) is 0.877. The number of hydrogen-bond acceptors (Lipinski definition) is 2. The highest BCUT2D eigenvalue weighted by molar-refractivity contribution is 6.42. The molecule has 5 heteroatoms. The van der Waals surface area contributed by atoms with Gasteiger partial charge in [-0.15, -0.1) is 0 Å². The molecule has 0 aliphatic carbocycles. The Morgan fingerprint density at radius 2 is 2.00 bits per heavy atom. The Hall–Kier alpha value is -1.65. The summed E-state index contributed by atoms with van der Waals surface area (Å²) in [6, 6.07) is 8.67. The van der Waals surface area contributed by atoms with E-state index in [1.165, 1.54) is 6.08 Å². The number of hydrogen-bond donors (Lipinski definition) is 1.